The molecule has 0 radical (unpaired) electrons. The molecule has 10 heteroatoms. The van der Waals surface area contributed by atoms with Gasteiger partial charge >= 0.3 is 0 Å². The average molecular weight is 507 g/mol. The number of aromatic nitrogens is 2. The van der Waals surface area contributed by atoms with Crippen LogP contribution in [0.4, 0.5) is 5.82 Å². The Morgan fingerprint density at radius 3 is 2.42 bits per heavy atom. The van der Waals surface area contributed by atoms with Gasteiger partial charge < -0.3 is 20.3 Å². The molecule has 3 N–H and O–H groups in total. The summed E-state index contributed by atoms with van der Waals surface area (Å²) in [5.74, 6) is -0.759. The first-order valence-corrected chi connectivity index (χ1v) is 12.1. The van der Waals surface area contributed by atoms with E-state index >= 15 is 0 Å². The summed E-state index contributed by atoms with van der Waals surface area (Å²) in [6.07, 6.45) is 11.5. The number of aliphatic imine (C=N–C) groups is 1. The van der Waals surface area contributed by atoms with E-state index < -0.39 is 11.7 Å². The van der Waals surface area contributed by atoms with Crippen molar-refractivity contribution in [2.45, 2.75) is 60.5 Å². The van der Waals surface area contributed by atoms with Gasteiger partial charge in [-0.25, -0.2) is 0 Å². The lowest BCUT2D eigenvalue weighted by molar-refractivity contribution is -0.139. The Morgan fingerprint density at radius 1 is 1.31 bits per heavy atom. The average Bonchev–Trinajstić information content (AvgIpc) is 3.35. The number of ketones is 1. The van der Waals surface area contributed by atoms with Gasteiger partial charge in [0.2, 0.25) is 5.78 Å². The quantitative estimate of drug-likeness (QED) is 0.116. The van der Waals surface area contributed by atoms with Crippen LogP contribution < -0.4 is 10.6 Å². The number of carbonyl (C=O) groups excluding carboxylic acids is 3. The number of likely N-dealkylation sites (N-methyl/N-ethyl adjacent to an activating group) is 1. The van der Waals surface area contributed by atoms with Gasteiger partial charge in [-0.15, -0.1) is 6.58 Å². The molecular formula is C26H46N6O4. The Kier molecular flexibility index (Phi) is 21.5. The number of nitrogens with one attached hydrogen (secondary N) is 3. The van der Waals surface area contributed by atoms with Gasteiger partial charge in [-0.3, -0.25) is 24.5 Å². The molecule has 0 aliphatic heterocycles. The Labute approximate surface area is 216 Å². The fourth-order valence-corrected chi connectivity index (χ4v) is 2.21. The number of Topliss-reactive ketones (excluding diaryl/α,β-unsaturated/α-hetero) is 1. The zero-order valence-electron chi connectivity index (χ0n) is 23.0. The Balaban J connectivity index is 0. The second-order valence-corrected chi connectivity index (χ2v) is 8.76. The fraction of sp³-hybridized carbons (Fsp3) is 0.577. The molecule has 0 aliphatic carbocycles. The first kappa shape index (κ1) is 34.9. The lowest BCUT2D eigenvalue weighted by Gasteiger charge is -2.32. The van der Waals surface area contributed by atoms with Gasteiger partial charge in [0.15, 0.2) is 0 Å². The van der Waals surface area contributed by atoms with Crippen LogP contribution in [0.25, 0.3) is 0 Å². The largest absolute Gasteiger partial charge is 0.462 e. The van der Waals surface area contributed by atoms with Crippen LogP contribution in [-0.2, 0) is 19.1 Å². The number of hydrogen-bond donors (Lipinski definition) is 3. The first-order chi connectivity index (χ1) is 17.1. The molecule has 0 aromatic carbocycles. The number of nitrogens with zero attached hydrogens (tertiary/aromatic N) is 3. The van der Waals surface area contributed by atoms with E-state index in [9.17, 15) is 14.4 Å². The molecule has 0 saturated carbocycles. The van der Waals surface area contributed by atoms with Crippen molar-refractivity contribution in [3.05, 3.63) is 37.1 Å². The minimum atomic E-state index is -0.654. The molecule has 204 valence electrons. The predicted molar refractivity (Wildman–Crippen MR) is 147 cm³/mol. The van der Waals surface area contributed by atoms with Crippen molar-refractivity contribution >= 4 is 30.3 Å². The van der Waals surface area contributed by atoms with Crippen molar-refractivity contribution in [2.75, 3.05) is 38.5 Å². The van der Waals surface area contributed by atoms with Crippen LogP contribution >= 0.6 is 0 Å². The smallest absolute Gasteiger partial charge is 0.294 e. The summed E-state index contributed by atoms with van der Waals surface area (Å²) in [6.45, 7) is 18.6. The van der Waals surface area contributed by atoms with E-state index in [0.29, 0.717) is 25.4 Å². The zero-order valence-corrected chi connectivity index (χ0v) is 23.0. The highest BCUT2D eigenvalue weighted by molar-refractivity contribution is 6.41. The molecule has 0 fully saturated rings. The number of ether oxygens (including phenoxy) is 1. The van der Waals surface area contributed by atoms with Gasteiger partial charge in [-0.05, 0) is 14.0 Å². The number of anilines is 1. The summed E-state index contributed by atoms with van der Waals surface area (Å²) in [4.78, 5) is 38.9. The first-order valence-electron chi connectivity index (χ1n) is 12.1. The molecule has 1 heterocycles. The number of aromatic amines is 1. The van der Waals surface area contributed by atoms with Crippen molar-refractivity contribution in [3.63, 3.8) is 0 Å². The van der Waals surface area contributed by atoms with E-state index in [4.69, 9.17) is 4.74 Å². The minimum Gasteiger partial charge on any atom is -0.462 e. The van der Waals surface area contributed by atoms with Gasteiger partial charge in [-0.2, -0.15) is 5.10 Å². The number of H-pyrrole nitrogens is 1. The highest BCUT2D eigenvalue weighted by Crippen LogP contribution is 2.22. The van der Waals surface area contributed by atoms with Crippen LogP contribution in [-0.4, -0.2) is 78.9 Å². The van der Waals surface area contributed by atoms with Crippen molar-refractivity contribution < 1.29 is 19.1 Å². The second-order valence-electron chi connectivity index (χ2n) is 8.76. The Bertz CT molecular complexity index is 768. The topological polar surface area (TPSA) is 129 Å². The Hall–Kier alpha value is -3.27. The van der Waals surface area contributed by atoms with Crippen LogP contribution in [0, 0.1) is 5.41 Å². The number of allylic oxidation sites excluding steroid dienone is 1. The van der Waals surface area contributed by atoms with Crippen LogP contribution in [0.5, 0.6) is 0 Å². The maximum absolute atomic E-state index is 11.1. The van der Waals surface area contributed by atoms with E-state index in [-0.39, 0.29) is 18.1 Å². The van der Waals surface area contributed by atoms with Gasteiger partial charge in [-0.1, -0.05) is 65.7 Å². The van der Waals surface area contributed by atoms with E-state index in [2.05, 4.69) is 67.0 Å². The van der Waals surface area contributed by atoms with Gasteiger partial charge in [0.1, 0.15) is 11.9 Å². The third kappa shape index (κ3) is 19.1. The number of rotatable bonds is 14. The number of carbonyl (C=O) groups is 3. The Morgan fingerprint density at radius 2 is 1.97 bits per heavy atom. The number of amides is 1. The monoisotopic (exact) mass is 506 g/mol. The van der Waals surface area contributed by atoms with Crippen LogP contribution in [0.2, 0.25) is 0 Å². The summed E-state index contributed by atoms with van der Waals surface area (Å²) in [7, 11) is 1.60. The molecular weight excluding hydrogens is 460 g/mol. The maximum atomic E-state index is 11.1. The third-order valence-electron chi connectivity index (χ3n) is 4.48. The lowest BCUT2D eigenvalue weighted by atomic mass is 9.88. The molecule has 1 amide bonds. The molecule has 1 aromatic heterocycles. The second kappa shape index (κ2) is 22.2. The summed E-state index contributed by atoms with van der Waals surface area (Å²) in [5, 5.41) is 11.1. The summed E-state index contributed by atoms with van der Waals surface area (Å²) < 4.78 is 5.20. The normalized spacial score (nSPS) is 11.5. The standard InChI is InChI=1S/C15H26N2O2.C7H10N4O2.C4H10/c1-6-8-10-17(12-16-9-7-2)11-14(19-13-18)15(3,4)5;1-8-4-5(12)7(13)10-6-2-3-9-11-6;1-3-4-2/h6-8,12-14H,2,9-11H2,1,3-5H3;2-3,8H,4H2,1H3,(H2,9,10,11,13);3-4H2,1-2H3/b8-6-,16-12?;;/t14-;;/m1../s1. The lowest BCUT2D eigenvalue weighted by Crippen LogP contribution is -2.41. The van der Waals surface area contributed by atoms with Crippen molar-refractivity contribution in [1.82, 2.24) is 20.4 Å². The molecule has 0 bridgehead atoms. The molecule has 0 spiro atoms. The highest BCUT2D eigenvalue weighted by atomic mass is 16.5. The van der Waals surface area contributed by atoms with E-state index in [1.54, 1.807) is 25.5 Å². The summed E-state index contributed by atoms with van der Waals surface area (Å²) >= 11 is 0. The predicted octanol–water partition coefficient (Wildman–Crippen LogP) is 3.61. The molecule has 1 atom stereocenters. The van der Waals surface area contributed by atoms with E-state index in [0.717, 1.165) is 6.54 Å². The molecule has 1 aromatic rings. The van der Waals surface area contributed by atoms with Gasteiger partial charge in [0.25, 0.3) is 12.4 Å². The molecule has 1 rings (SSSR count). The minimum absolute atomic E-state index is 0.0277. The van der Waals surface area contributed by atoms with Crippen LogP contribution in [0.1, 0.15) is 54.4 Å². The molecule has 0 saturated heterocycles. The molecule has 0 unspecified atom stereocenters. The maximum Gasteiger partial charge on any atom is 0.294 e. The van der Waals surface area contributed by atoms with Gasteiger partial charge in [0.05, 0.1) is 32.2 Å². The fourth-order valence-electron chi connectivity index (χ4n) is 2.21. The van der Waals surface area contributed by atoms with Gasteiger partial charge in [0, 0.05) is 18.0 Å². The summed E-state index contributed by atoms with van der Waals surface area (Å²) in [6, 6.07) is 1.56. The van der Waals surface area contributed by atoms with E-state index in [1.165, 1.54) is 19.0 Å². The number of unbranched alkanes of at least 4 members (excludes halogenated alkanes) is 1. The van der Waals surface area contributed by atoms with E-state index in [1.807, 2.05) is 24.0 Å². The zero-order chi connectivity index (χ0) is 27.8. The SMILES string of the molecule is C=CCN=CN(C/C=C\C)C[C@@H](OC=O)C(C)(C)C.CCCC.CNCC(=O)C(=O)Nc1ccn[nH]1. The molecule has 36 heavy (non-hydrogen) atoms. The van der Waals surface area contributed by atoms with Crippen molar-refractivity contribution in [1.29, 1.82) is 0 Å². The molecule has 0 aliphatic rings. The highest BCUT2D eigenvalue weighted by Gasteiger charge is 2.27. The number of hydrogen-bond acceptors (Lipinski definition) is 7. The summed E-state index contributed by atoms with van der Waals surface area (Å²) in [5.41, 5.74) is -0.110. The third-order valence-corrected chi connectivity index (χ3v) is 4.48. The van der Waals surface area contributed by atoms with Crippen LogP contribution in [0.15, 0.2) is 42.1 Å². The van der Waals surface area contributed by atoms with Crippen molar-refractivity contribution in [2.24, 2.45) is 10.4 Å². The molecule has 10 nitrogen and oxygen atoms in total. The van der Waals surface area contributed by atoms with Crippen molar-refractivity contribution in [3.8, 4) is 0 Å². The van der Waals surface area contributed by atoms with Crippen LogP contribution in [0.3, 0.4) is 0 Å².